The first-order valence-corrected chi connectivity index (χ1v) is 23.8. The number of ether oxygens (including phenoxy) is 3. The van der Waals surface area contributed by atoms with Crippen LogP contribution in [-0.4, -0.2) is 75.5 Å². The average molecular weight is 828 g/mol. The summed E-state index contributed by atoms with van der Waals surface area (Å²) in [5.41, 5.74) is 0. The molecule has 0 N–H and O–H groups in total. The molecule has 0 bridgehead atoms. The number of esters is 2. The number of hydrogen-bond donors (Lipinski definition) is 0. The van der Waals surface area contributed by atoms with Gasteiger partial charge in [-0.05, 0) is 83.5 Å². The lowest BCUT2D eigenvalue weighted by atomic mass is 10.1. The summed E-state index contributed by atoms with van der Waals surface area (Å²) in [7, 11) is 5.39. The topological polar surface area (TPSA) is 102 Å². The Morgan fingerprint density at radius 2 is 0.898 bits per heavy atom. The van der Waals surface area contributed by atoms with Crippen molar-refractivity contribution in [1.29, 1.82) is 0 Å². The molecule has 0 radical (unpaired) electrons. The lowest BCUT2D eigenvalue weighted by molar-refractivity contribution is -0.889. The highest BCUT2D eigenvalue weighted by atomic mass is 16.6. The Balaban J connectivity index is 4.37. The van der Waals surface area contributed by atoms with Crippen molar-refractivity contribution in [2.75, 3.05) is 41.0 Å². The van der Waals surface area contributed by atoms with E-state index in [4.69, 9.17) is 14.2 Å². The highest BCUT2D eigenvalue weighted by molar-refractivity contribution is 5.70. The van der Waals surface area contributed by atoms with Gasteiger partial charge in [-0.2, -0.15) is 0 Å². The first-order valence-electron chi connectivity index (χ1n) is 23.8. The minimum absolute atomic E-state index is 0.0264. The number of carbonyl (C=O) groups excluding carboxylic acids is 3. The fraction of sp³-hybridized carbons (Fsp3) is 0.745. The Hall–Kier alpha value is -2.97. The number of carboxylic acids is 1. The van der Waals surface area contributed by atoms with Gasteiger partial charge < -0.3 is 28.6 Å². The molecule has 0 aliphatic heterocycles. The van der Waals surface area contributed by atoms with Gasteiger partial charge in [0.1, 0.15) is 12.6 Å². The zero-order valence-electron chi connectivity index (χ0n) is 38.7. The Kier molecular flexibility index (Phi) is 39.6. The van der Waals surface area contributed by atoms with Crippen LogP contribution in [0.15, 0.2) is 60.8 Å². The van der Waals surface area contributed by atoms with Gasteiger partial charge in [0.25, 0.3) is 0 Å². The summed E-state index contributed by atoms with van der Waals surface area (Å²) >= 11 is 0. The third kappa shape index (κ3) is 40.2. The largest absolute Gasteiger partial charge is 0.544 e. The number of carbonyl (C=O) groups is 3. The summed E-state index contributed by atoms with van der Waals surface area (Å²) in [4.78, 5) is 36.9. The molecule has 0 aliphatic carbocycles. The number of unbranched alkanes of at least 4 members (excludes halogenated alkanes) is 18. The maximum atomic E-state index is 12.7. The number of quaternary nitrogens is 1. The zero-order valence-corrected chi connectivity index (χ0v) is 38.7. The molecule has 8 nitrogen and oxygen atoms in total. The van der Waals surface area contributed by atoms with Crippen molar-refractivity contribution in [2.24, 2.45) is 0 Å². The van der Waals surface area contributed by atoms with Crippen LogP contribution in [0.4, 0.5) is 0 Å². The lowest BCUT2D eigenvalue weighted by Crippen LogP contribution is -2.55. The summed E-state index contributed by atoms with van der Waals surface area (Å²) < 4.78 is 17.2. The van der Waals surface area contributed by atoms with Gasteiger partial charge in [0.15, 0.2) is 6.10 Å². The van der Waals surface area contributed by atoms with Crippen molar-refractivity contribution in [1.82, 2.24) is 0 Å². The molecule has 0 aromatic rings. The fourth-order valence-electron chi connectivity index (χ4n) is 6.64. The second kappa shape index (κ2) is 41.8. The number of hydrogen-bond acceptors (Lipinski definition) is 7. The average Bonchev–Trinajstić information content (AvgIpc) is 3.19. The number of allylic oxidation sites excluding steroid dienone is 10. The van der Waals surface area contributed by atoms with Crippen LogP contribution in [0.5, 0.6) is 0 Å². The molecule has 2 unspecified atom stereocenters. The van der Waals surface area contributed by atoms with E-state index in [1.165, 1.54) is 70.6 Å². The molecule has 0 heterocycles. The van der Waals surface area contributed by atoms with Gasteiger partial charge in [-0.15, -0.1) is 0 Å². The maximum absolute atomic E-state index is 12.7. The smallest absolute Gasteiger partial charge is 0.306 e. The minimum Gasteiger partial charge on any atom is -0.544 e. The highest BCUT2D eigenvalue weighted by Gasteiger charge is 2.25. The van der Waals surface area contributed by atoms with Crippen LogP contribution in [0.1, 0.15) is 194 Å². The molecule has 0 aliphatic rings. The van der Waals surface area contributed by atoms with Crippen LogP contribution in [0.25, 0.3) is 0 Å². The van der Waals surface area contributed by atoms with E-state index in [0.717, 1.165) is 89.9 Å². The van der Waals surface area contributed by atoms with Crippen molar-refractivity contribution in [3.63, 3.8) is 0 Å². The van der Waals surface area contributed by atoms with E-state index in [1.807, 2.05) is 0 Å². The number of carboxylic acid groups (broad SMARTS) is 1. The standard InChI is InChI=1S/C51H89NO7/c1-6-8-10-12-14-16-18-20-22-23-24-25-26-27-28-30-32-34-36-38-40-42-50(54)59-47(45-57-44-43-48(51(55)56)52(3,4)5)46-58-49(53)41-39-37-35-33-31-29-21-19-17-15-13-11-9-7-2/h14,16,20,22,24-25,27-29,31,47-48H,6-13,15,17-19,21,23,26,30,32-46H2,1-5H3/b16-14+,22-20+,25-24+,28-27+,31-29+. The quantitative estimate of drug-likeness (QED) is 0.0261. The summed E-state index contributed by atoms with van der Waals surface area (Å²) in [5, 5.41) is 11.6. The summed E-state index contributed by atoms with van der Waals surface area (Å²) in [6.07, 6.45) is 51.0. The Labute approximate surface area is 362 Å². The van der Waals surface area contributed by atoms with Crippen LogP contribution >= 0.6 is 0 Å². The predicted molar refractivity (Wildman–Crippen MR) is 245 cm³/mol. The highest BCUT2D eigenvalue weighted by Crippen LogP contribution is 2.13. The van der Waals surface area contributed by atoms with Gasteiger partial charge in [-0.25, -0.2) is 0 Å². The normalized spacial score (nSPS) is 13.4. The Morgan fingerprint density at radius 3 is 1.39 bits per heavy atom. The van der Waals surface area contributed by atoms with E-state index < -0.39 is 18.1 Å². The SMILES string of the molecule is CCCCC/C=C/C/C=C/C/C=C/C/C=C/CCCCCCCC(=O)OC(COCCC(C(=O)[O-])[N+](C)(C)C)COC(=O)CCCCC/C=C/CCCCCCCCC. The molecule has 59 heavy (non-hydrogen) atoms. The molecular formula is C51H89NO7. The van der Waals surface area contributed by atoms with Gasteiger partial charge in [0.05, 0.1) is 40.3 Å². The van der Waals surface area contributed by atoms with Crippen LogP contribution < -0.4 is 5.11 Å². The number of aliphatic carboxylic acids is 1. The van der Waals surface area contributed by atoms with E-state index in [0.29, 0.717) is 12.8 Å². The molecule has 0 saturated carbocycles. The van der Waals surface area contributed by atoms with E-state index in [1.54, 1.807) is 21.1 Å². The first-order chi connectivity index (χ1) is 28.6. The Bertz CT molecular complexity index is 1150. The molecule has 0 saturated heterocycles. The number of likely N-dealkylation sites (N-methyl/N-ethyl adjacent to an activating group) is 1. The third-order valence-electron chi connectivity index (χ3n) is 10.4. The van der Waals surface area contributed by atoms with Crippen LogP contribution in [0, 0.1) is 0 Å². The van der Waals surface area contributed by atoms with Crippen molar-refractivity contribution >= 4 is 17.9 Å². The molecule has 8 heteroatoms. The molecule has 0 fully saturated rings. The van der Waals surface area contributed by atoms with E-state index in [2.05, 4.69) is 74.6 Å². The first kappa shape index (κ1) is 56.0. The number of nitrogens with zero attached hydrogens (tertiary/aromatic N) is 1. The molecule has 0 spiro atoms. The van der Waals surface area contributed by atoms with Gasteiger partial charge in [0, 0.05) is 19.3 Å². The molecule has 0 amide bonds. The predicted octanol–water partition coefficient (Wildman–Crippen LogP) is 12.0. The Morgan fingerprint density at radius 1 is 0.508 bits per heavy atom. The maximum Gasteiger partial charge on any atom is 0.306 e. The third-order valence-corrected chi connectivity index (χ3v) is 10.4. The van der Waals surface area contributed by atoms with Crippen LogP contribution in [-0.2, 0) is 28.6 Å². The van der Waals surface area contributed by atoms with Gasteiger partial charge in [-0.3, -0.25) is 9.59 Å². The van der Waals surface area contributed by atoms with E-state index >= 15 is 0 Å². The molecule has 0 aromatic carbocycles. The zero-order chi connectivity index (χ0) is 43.5. The number of rotatable bonds is 42. The molecule has 2 atom stereocenters. The summed E-state index contributed by atoms with van der Waals surface area (Å²) in [6, 6.07) is -0.733. The summed E-state index contributed by atoms with van der Waals surface area (Å²) in [5.74, 6) is -1.78. The van der Waals surface area contributed by atoms with Gasteiger partial charge in [0.2, 0.25) is 0 Å². The fourth-order valence-corrected chi connectivity index (χ4v) is 6.64. The van der Waals surface area contributed by atoms with Gasteiger partial charge >= 0.3 is 11.9 Å². The second-order valence-corrected chi connectivity index (χ2v) is 17.0. The molecule has 0 aromatic heterocycles. The monoisotopic (exact) mass is 828 g/mol. The van der Waals surface area contributed by atoms with Crippen LogP contribution in [0.3, 0.4) is 0 Å². The van der Waals surface area contributed by atoms with Crippen molar-refractivity contribution in [2.45, 2.75) is 206 Å². The van der Waals surface area contributed by atoms with Crippen LogP contribution in [0.2, 0.25) is 0 Å². The molecule has 0 rings (SSSR count). The van der Waals surface area contributed by atoms with Crippen molar-refractivity contribution in [3.05, 3.63) is 60.8 Å². The van der Waals surface area contributed by atoms with Crippen molar-refractivity contribution < 1.29 is 38.2 Å². The van der Waals surface area contributed by atoms with E-state index in [-0.39, 0.29) is 42.7 Å². The van der Waals surface area contributed by atoms with Gasteiger partial charge in [-0.1, -0.05) is 152 Å². The minimum atomic E-state index is -1.13. The van der Waals surface area contributed by atoms with E-state index in [9.17, 15) is 19.5 Å². The molecule has 340 valence electrons. The van der Waals surface area contributed by atoms with Crippen molar-refractivity contribution in [3.8, 4) is 0 Å². The summed E-state index contributed by atoms with van der Waals surface area (Å²) in [6.45, 7) is 4.59. The second-order valence-electron chi connectivity index (χ2n) is 17.0. The molecular weight excluding hydrogens is 739 g/mol. The lowest BCUT2D eigenvalue weighted by Gasteiger charge is -2.34.